The second-order valence-corrected chi connectivity index (χ2v) is 8.00. The Labute approximate surface area is 186 Å². The highest BCUT2D eigenvalue weighted by atomic mass is 16.2. The van der Waals surface area contributed by atoms with Crippen molar-refractivity contribution in [3.63, 3.8) is 0 Å². The molecule has 0 radical (unpaired) electrons. The van der Waals surface area contributed by atoms with Crippen molar-refractivity contribution < 1.29 is 14.4 Å². The number of aryl methyl sites for hydroxylation is 2. The van der Waals surface area contributed by atoms with Gasteiger partial charge in [-0.1, -0.05) is 30.7 Å². The third-order valence-corrected chi connectivity index (χ3v) is 5.72. The molecule has 166 valence electrons. The summed E-state index contributed by atoms with van der Waals surface area (Å²) >= 11 is 0. The highest BCUT2D eigenvalue weighted by molar-refractivity contribution is 6.10. The number of hydrogen-bond donors (Lipinski definition) is 3. The number of rotatable bonds is 8. The maximum Gasteiger partial charge on any atom is 0.254 e. The first-order valence-electron chi connectivity index (χ1n) is 10.9. The van der Waals surface area contributed by atoms with E-state index in [1.54, 1.807) is 24.3 Å². The number of nitrogens with zero attached hydrogens (tertiary/aromatic N) is 2. The molecule has 3 aromatic rings. The number of anilines is 1. The molecule has 3 N–H and O–H groups in total. The van der Waals surface area contributed by atoms with Gasteiger partial charge < -0.3 is 20.5 Å². The molecular formula is C24H27N5O3. The summed E-state index contributed by atoms with van der Waals surface area (Å²) in [6.45, 7) is 0.532. The Morgan fingerprint density at radius 3 is 2.69 bits per heavy atom. The fourth-order valence-corrected chi connectivity index (χ4v) is 3.94. The van der Waals surface area contributed by atoms with Gasteiger partial charge in [-0.25, -0.2) is 4.98 Å². The summed E-state index contributed by atoms with van der Waals surface area (Å²) in [6.07, 6.45) is 3.57. The van der Waals surface area contributed by atoms with Crippen molar-refractivity contribution >= 4 is 34.4 Å². The van der Waals surface area contributed by atoms with Crippen LogP contribution in [0, 0.1) is 0 Å². The first-order valence-corrected chi connectivity index (χ1v) is 10.9. The van der Waals surface area contributed by atoms with Crippen LogP contribution in [0.4, 0.5) is 5.69 Å². The third-order valence-electron chi connectivity index (χ3n) is 5.72. The van der Waals surface area contributed by atoms with Crippen molar-refractivity contribution in [3.8, 4) is 0 Å². The Bertz CT molecular complexity index is 1150. The summed E-state index contributed by atoms with van der Waals surface area (Å²) in [5.41, 5.74) is 2.99. The molecule has 3 amide bonds. The quantitative estimate of drug-likeness (QED) is 0.475. The van der Waals surface area contributed by atoms with Crippen LogP contribution in [-0.4, -0.2) is 39.9 Å². The van der Waals surface area contributed by atoms with E-state index in [1.807, 2.05) is 25.2 Å². The number of imidazole rings is 1. The van der Waals surface area contributed by atoms with Crippen LogP contribution in [0.3, 0.4) is 0 Å². The topological polar surface area (TPSA) is 105 Å². The van der Waals surface area contributed by atoms with Crippen LogP contribution in [0.25, 0.3) is 11.0 Å². The first-order chi connectivity index (χ1) is 15.5. The van der Waals surface area contributed by atoms with Gasteiger partial charge in [0.25, 0.3) is 5.91 Å². The molecule has 1 aromatic heterocycles. The molecule has 2 heterocycles. The summed E-state index contributed by atoms with van der Waals surface area (Å²) < 4.78 is 2.13. The molecule has 0 fully saturated rings. The number of carbonyl (C=O) groups excluding carboxylic acids is 3. The van der Waals surface area contributed by atoms with Crippen molar-refractivity contribution in [1.29, 1.82) is 0 Å². The fourth-order valence-electron chi connectivity index (χ4n) is 3.94. The SMILES string of the molecule is Cn1c(CCCCCNC(=O)C[C@H]2NC(=O)c3ccccc3NC2=O)nc2ccccc21. The zero-order valence-electron chi connectivity index (χ0n) is 18.1. The van der Waals surface area contributed by atoms with Gasteiger partial charge in [0.15, 0.2) is 0 Å². The largest absolute Gasteiger partial charge is 0.356 e. The van der Waals surface area contributed by atoms with E-state index < -0.39 is 6.04 Å². The molecule has 1 aliphatic rings. The Morgan fingerprint density at radius 2 is 1.84 bits per heavy atom. The summed E-state index contributed by atoms with van der Waals surface area (Å²) in [5, 5.41) is 8.20. The number of carbonyl (C=O) groups is 3. The van der Waals surface area contributed by atoms with Crippen LogP contribution in [0.5, 0.6) is 0 Å². The minimum absolute atomic E-state index is 0.0918. The number of fused-ring (bicyclic) bond motifs is 2. The summed E-state index contributed by atoms with van der Waals surface area (Å²) in [4.78, 5) is 41.7. The summed E-state index contributed by atoms with van der Waals surface area (Å²) in [6, 6.07) is 14.0. The third kappa shape index (κ3) is 4.80. The molecule has 32 heavy (non-hydrogen) atoms. The zero-order valence-corrected chi connectivity index (χ0v) is 18.1. The van der Waals surface area contributed by atoms with Gasteiger partial charge >= 0.3 is 0 Å². The molecule has 0 spiro atoms. The predicted molar refractivity (Wildman–Crippen MR) is 122 cm³/mol. The molecule has 0 aliphatic carbocycles. The van der Waals surface area contributed by atoms with E-state index in [2.05, 4.69) is 31.6 Å². The Balaban J connectivity index is 1.18. The molecule has 2 aromatic carbocycles. The lowest BCUT2D eigenvalue weighted by atomic mass is 10.1. The van der Waals surface area contributed by atoms with E-state index in [0.29, 0.717) is 17.8 Å². The maximum atomic E-state index is 12.4. The van der Waals surface area contributed by atoms with Crippen LogP contribution in [0.2, 0.25) is 0 Å². The van der Waals surface area contributed by atoms with Crippen molar-refractivity contribution in [3.05, 3.63) is 59.9 Å². The van der Waals surface area contributed by atoms with Gasteiger partial charge in [0.1, 0.15) is 11.9 Å². The van der Waals surface area contributed by atoms with Gasteiger partial charge in [0.05, 0.1) is 28.7 Å². The number of benzene rings is 2. The van der Waals surface area contributed by atoms with Crippen LogP contribution >= 0.6 is 0 Å². The fraction of sp³-hybridized carbons (Fsp3) is 0.333. The molecule has 1 aliphatic heterocycles. The Hall–Kier alpha value is -3.68. The van der Waals surface area contributed by atoms with Gasteiger partial charge in [0, 0.05) is 20.0 Å². The average Bonchev–Trinajstić information content (AvgIpc) is 3.05. The smallest absolute Gasteiger partial charge is 0.254 e. The normalized spacial score (nSPS) is 15.6. The Kier molecular flexibility index (Phi) is 6.49. The standard InChI is InChI=1S/C24H27N5O3/c1-29-20-12-7-6-11-18(20)26-21(29)13-3-2-8-14-25-22(30)15-19-24(32)27-17-10-5-4-9-16(17)23(31)28-19/h4-7,9-12,19H,2-3,8,13-15H2,1H3,(H,25,30)(H,27,32)(H,28,31)/t19-/m1/s1. The lowest BCUT2D eigenvalue weighted by Gasteiger charge is -2.14. The van der Waals surface area contributed by atoms with Crippen molar-refractivity contribution in [2.45, 2.75) is 38.1 Å². The van der Waals surface area contributed by atoms with Gasteiger partial charge in [0.2, 0.25) is 11.8 Å². The molecule has 1 atom stereocenters. The lowest BCUT2D eigenvalue weighted by Crippen LogP contribution is -2.44. The van der Waals surface area contributed by atoms with E-state index in [4.69, 9.17) is 0 Å². The van der Waals surface area contributed by atoms with E-state index in [0.717, 1.165) is 42.5 Å². The second kappa shape index (κ2) is 9.64. The second-order valence-electron chi connectivity index (χ2n) is 8.00. The number of para-hydroxylation sites is 3. The number of aromatic nitrogens is 2. The van der Waals surface area contributed by atoms with Crippen LogP contribution < -0.4 is 16.0 Å². The minimum atomic E-state index is -0.896. The highest BCUT2D eigenvalue weighted by Gasteiger charge is 2.29. The van der Waals surface area contributed by atoms with Crippen molar-refractivity contribution in [1.82, 2.24) is 20.2 Å². The van der Waals surface area contributed by atoms with E-state index in [-0.39, 0.29) is 24.1 Å². The van der Waals surface area contributed by atoms with Crippen LogP contribution in [0.1, 0.15) is 41.9 Å². The van der Waals surface area contributed by atoms with Gasteiger partial charge in [-0.2, -0.15) is 0 Å². The highest BCUT2D eigenvalue weighted by Crippen LogP contribution is 2.19. The van der Waals surface area contributed by atoms with Gasteiger partial charge in [-0.05, 0) is 37.1 Å². The van der Waals surface area contributed by atoms with Gasteiger partial charge in [-0.15, -0.1) is 0 Å². The maximum absolute atomic E-state index is 12.4. The predicted octanol–water partition coefficient (Wildman–Crippen LogP) is 2.54. The molecule has 0 unspecified atom stereocenters. The number of amides is 3. The molecule has 8 heteroatoms. The molecule has 0 saturated carbocycles. The molecule has 0 saturated heterocycles. The number of hydrogen-bond acceptors (Lipinski definition) is 4. The summed E-state index contributed by atoms with van der Waals surface area (Å²) in [7, 11) is 2.03. The monoisotopic (exact) mass is 433 g/mol. The van der Waals surface area contributed by atoms with Crippen LogP contribution in [0.15, 0.2) is 48.5 Å². The average molecular weight is 434 g/mol. The molecular weight excluding hydrogens is 406 g/mol. The van der Waals surface area contributed by atoms with Crippen molar-refractivity contribution in [2.75, 3.05) is 11.9 Å². The van der Waals surface area contributed by atoms with E-state index in [9.17, 15) is 14.4 Å². The number of unbranched alkanes of at least 4 members (excludes halogenated alkanes) is 2. The van der Waals surface area contributed by atoms with Gasteiger partial charge in [-0.3, -0.25) is 14.4 Å². The Morgan fingerprint density at radius 1 is 1.06 bits per heavy atom. The van der Waals surface area contributed by atoms with Crippen LogP contribution in [-0.2, 0) is 23.1 Å². The van der Waals surface area contributed by atoms with Crippen molar-refractivity contribution in [2.24, 2.45) is 7.05 Å². The zero-order chi connectivity index (χ0) is 22.5. The summed E-state index contributed by atoms with van der Waals surface area (Å²) in [5.74, 6) is 0.0534. The number of nitrogens with one attached hydrogen (secondary N) is 3. The molecule has 4 rings (SSSR count). The molecule has 0 bridgehead atoms. The molecule has 8 nitrogen and oxygen atoms in total. The first kappa shape index (κ1) is 21.5. The van der Waals surface area contributed by atoms with E-state index >= 15 is 0 Å². The van der Waals surface area contributed by atoms with E-state index in [1.165, 1.54) is 0 Å². The minimum Gasteiger partial charge on any atom is -0.356 e. The lowest BCUT2D eigenvalue weighted by molar-refractivity contribution is -0.125.